The van der Waals surface area contributed by atoms with Crippen LogP contribution in [0.25, 0.3) is 5.65 Å². The fourth-order valence-electron chi connectivity index (χ4n) is 4.49. The molecule has 1 aliphatic heterocycles. The smallest absolute Gasteiger partial charge is 0.258 e. The van der Waals surface area contributed by atoms with Gasteiger partial charge in [0, 0.05) is 17.7 Å². The van der Waals surface area contributed by atoms with Gasteiger partial charge in [0.2, 0.25) is 0 Å². The lowest BCUT2D eigenvalue weighted by Crippen LogP contribution is -2.46. The number of hydrogen-bond acceptors (Lipinski definition) is 5. The van der Waals surface area contributed by atoms with E-state index in [2.05, 4.69) is 22.3 Å². The lowest BCUT2D eigenvalue weighted by atomic mass is 9.89. The quantitative estimate of drug-likeness (QED) is 0.630. The zero-order valence-corrected chi connectivity index (χ0v) is 19.0. The van der Waals surface area contributed by atoms with E-state index in [-0.39, 0.29) is 12.0 Å². The van der Waals surface area contributed by atoms with Gasteiger partial charge < -0.3 is 15.0 Å². The highest BCUT2D eigenvalue weighted by Gasteiger charge is 2.34. The maximum absolute atomic E-state index is 14.0. The van der Waals surface area contributed by atoms with E-state index in [4.69, 9.17) is 16.3 Å². The van der Waals surface area contributed by atoms with E-state index in [9.17, 15) is 9.18 Å². The molecule has 0 saturated heterocycles. The fraction of sp³-hybridized carbons (Fsp3) is 0.435. The average Bonchev–Trinajstić information content (AvgIpc) is 3.29. The molecular weight excluding hydrogens is 433 g/mol. The molecule has 2 aromatic heterocycles. The normalized spacial score (nSPS) is 19.8. The predicted molar refractivity (Wildman–Crippen MR) is 119 cm³/mol. The van der Waals surface area contributed by atoms with E-state index in [1.807, 2.05) is 13.8 Å². The van der Waals surface area contributed by atoms with Crippen LogP contribution in [0.5, 0.6) is 5.75 Å². The Morgan fingerprint density at radius 3 is 2.84 bits per heavy atom. The summed E-state index contributed by atoms with van der Waals surface area (Å²) in [6.45, 7) is 7.47. The third kappa shape index (κ3) is 3.51. The number of hydrogen-bond donors (Lipinski definition) is 1. The third-order valence-electron chi connectivity index (χ3n) is 6.30. The number of aryl methyl sites for hydroxylation is 2. The van der Waals surface area contributed by atoms with Crippen molar-refractivity contribution < 1.29 is 13.9 Å². The van der Waals surface area contributed by atoms with Gasteiger partial charge in [0.25, 0.3) is 5.91 Å². The minimum absolute atomic E-state index is 0.0210. The molecule has 0 bridgehead atoms. The Morgan fingerprint density at radius 2 is 2.09 bits per heavy atom. The minimum Gasteiger partial charge on any atom is -0.489 e. The summed E-state index contributed by atoms with van der Waals surface area (Å²) in [6, 6.07) is 4.51. The molecule has 1 aliphatic carbocycles. The minimum atomic E-state index is -0.423. The maximum atomic E-state index is 14.0. The second-order valence-corrected chi connectivity index (χ2v) is 8.90. The van der Waals surface area contributed by atoms with Crippen LogP contribution in [-0.4, -0.2) is 44.1 Å². The van der Waals surface area contributed by atoms with E-state index < -0.39 is 5.82 Å². The summed E-state index contributed by atoms with van der Waals surface area (Å²) < 4.78 is 21.7. The second-order valence-electron chi connectivity index (χ2n) is 8.52. The largest absolute Gasteiger partial charge is 0.489 e. The summed E-state index contributed by atoms with van der Waals surface area (Å²) >= 11 is 6.32. The van der Waals surface area contributed by atoms with Crippen molar-refractivity contribution in [3.8, 4) is 5.75 Å². The lowest BCUT2D eigenvalue weighted by molar-refractivity contribution is 0.0703. The summed E-state index contributed by atoms with van der Waals surface area (Å²) in [4.78, 5) is 19.6. The summed E-state index contributed by atoms with van der Waals surface area (Å²) in [5.41, 5.74) is 4.35. The molecule has 1 amide bonds. The zero-order chi connectivity index (χ0) is 22.6. The van der Waals surface area contributed by atoms with Gasteiger partial charge in [-0.05, 0) is 45.4 Å². The van der Waals surface area contributed by atoms with Gasteiger partial charge in [0.15, 0.2) is 5.65 Å². The first-order valence-corrected chi connectivity index (χ1v) is 11.3. The van der Waals surface area contributed by atoms with Gasteiger partial charge in [0.05, 0.1) is 40.8 Å². The molecule has 2 aliphatic rings. The summed E-state index contributed by atoms with van der Waals surface area (Å²) in [5, 5.41) is 8.59. The third-order valence-corrected chi connectivity index (χ3v) is 6.85. The molecule has 0 radical (unpaired) electrons. The highest BCUT2D eigenvalue weighted by molar-refractivity contribution is 6.31. The van der Waals surface area contributed by atoms with Gasteiger partial charge in [0.1, 0.15) is 17.7 Å². The van der Waals surface area contributed by atoms with Crippen molar-refractivity contribution in [2.24, 2.45) is 0 Å². The number of aromatic nitrogens is 3. The van der Waals surface area contributed by atoms with E-state index in [0.717, 1.165) is 42.0 Å². The molecule has 5 rings (SSSR count). The molecule has 9 heteroatoms. The first kappa shape index (κ1) is 21.2. The summed E-state index contributed by atoms with van der Waals surface area (Å²) in [5.74, 6) is -0.333. The van der Waals surface area contributed by atoms with Crippen LogP contribution in [0.4, 0.5) is 4.39 Å². The summed E-state index contributed by atoms with van der Waals surface area (Å²) in [7, 11) is 0. The molecule has 168 valence electrons. The first-order valence-electron chi connectivity index (χ1n) is 10.9. The second kappa shape index (κ2) is 8.01. The van der Waals surface area contributed by atoms with Crippen LogP contribution in [-0.2, 0) is 13.1 Å². The highest BCUT2D eigenvalue weighted by Crippen LogP contribution is 2.33. The molecule has 1 saturated carbocycles. The van der Waals surface area contributed by atoms with Crippen LogP contribution in [0.3, 0.4) is 0 Å². The lowest BCUT2D eigenvalue weighted by Gasteiger charge is -2.36. The number of rotatable bonds is 5. The van der Waals surface area contributed by atoms with Gasteiger partial charge >= 0.3 is 0 Å². The van der Waals surface area contributed by atoms with E-state index in [0.29, 0.717) is 41.1 Å². The molecular formula is C23H25ClFN5O2. The molecule has 1 aromatic carbocycles. The summed E-state index contributed by atoms with van der Waals surface area (Å²) in [6.07, 6.45) is 1.67. The number of carbonyl (C=O) groups is 1. The van der Waals surface area contributed by atoms with Crippen molar-refractivity contribution in [3.63, 3.8) is 0 Å². The molecule has 1 fully saturated rings. The molecule has 3 heterocycles. The van der Waals surface area contributed by atoms with Crippen LogP contribution >= 0.6 is 11.6 Å². The fourth-order valence-corrected chi connectivity index (χ4v) is 4.62. The standard InChI is InChI=1S/C23H25ClFN5O2/c1-4-26-15-8-16(9-15)32-20-7-14(25)5-6-17(20)23(31)29-10-18-19(11-29)28-30-13(3)21(24)12(2)27-22(18)30/h5-7,15-16,26H,4,8-11H2,1-3H3. The van der Waals surface area contributed by atoms with E-state index >= 15 is 0 Å². The Labute approximate surface area is 190 Å². The van der Waals surface area contributed by atoms with Gasteiger partial charge in [-0.1, -0.05) is 18.5 Å². The van der Waals surface area contributed by atoms with Crippen LogP contribution in [0.1, 0.15) is 52.8 Å². The van der Waals surface area contributed by atoms with Crippen LogP contribution in [0.15, 0.2) is 18.2 Å². The molecule has 3 aromatic rings. The van der Waals surface area contributed by atoms with Gasteiger partial charge in [-0.25, -0.2) is 13.9 Å². The number of amides is 1. The van der Waals surface area contributed by atoms with Crippen molar-refractivity contribution in [1.82, 2.24) is 24.8 Å². The van der Waals surface area contributed by atoms with Gasteiger partial charge in [-0.15, -0.1) is 0 Å². The molecule has 32 heavy (non-hydrogen) atoms. The Hall–Kier alpha value is -2.71. The number of nitrogens with one attached hydrogen (secondary N) is 1. The van der Waals surface area contributed by atoms with Gasteiger partial charge in [-0.2, -0.15) is 5.10 Å². The monoisotopic (exact) mass is 457 g/mol. The zero-order valence-electron chi connectivity index (χ0n) is 18.3. The van der Waals surface area contributed by atoms with E-state index in [1.165, 1.54) is 18.2 Å². The number of fused-ring (bicyclic) bond motifs is 3. The average molecular weight is 458 g/mol. The van der Waals surface area contributed by atoms with Crippen LogP contribution in [0.2, 0.25) is 5.02 Å². The van der Waals surface area contributed by atoms with Crippen LogP contribution < -0.4 is 10.1 Å². The Kier molecular flexibility index (Phi) is 5.29. The highest BCUT2D eigenvalue weighted by atomic mass is 35.5. The molecule has 0 spiro atoms. The molecule has 0 unspecified atom stereocenters. The van der Waals surface area contributed by atoms with Crippen molar-refractivity contribution in [3.05, 3.63) is 57.2 Å². The maximum Gasteiger partial charge on any atom is 0.258 e. The number of carbonyl (C=O) groups excluding carboxylic acids is 1. The van der Waals surface area contributed by atoms with Crippen LogP contribution in [0, 0.1) is 19.7 Å². The molecule has 0 atom stereocenters. The SMILES string of the molecule is CCNC1CC(Oc2cc(F)ccc2C(=O)N2Cc3nn4c(C)c(Cl)c(C)nc4c3C2)C1. The molecule has 7 nitrogen and oxygen atoms in total. The Bertz CT molecular complexity index is 1220. The number of halogens is 2. The van der Waals surface area contributed by atoms with Crippen molar-refractivity contribution in [2.45, 2.75) is 58.8 Å². The number of nitrogens with zero attached hydrogens (tertiary/aromatic N) is 4. The predicted octanol–water partition coefficient (Wildman–Crippen LogP) is 3.81. The van der Waals surface area contributed by atoms with Crippen molar-refractivity contribution in [1.29, 1.82) is 0 Å². The number of benzene rings is 1. The topological polar surface area (TPSA) is 71.8 Å². The molecule has 1 N–H and O–H groups in total. The Morgan fingerprint density at radius 1 is 1.31 bits per heavy atom. The van der Waals surface area contributed by atoms with Gasteiger partial charge in [-0.3, -0.25) is 4.79 Å². The van der Waals surface area contributed by atoms with Crippen molar-refractivity contribution in [2.75, 3.05) is 6.54 Å². The number of ether oxygens (including phenoxy) is 1. The van der Waals surface area contributed by atoms with E-state index in [1.54, 1.807) is 9.42 Å². The Balaban J connectivity index is 1.38. The van der Waals surface area contributed by atoms with Crippen molar-refractivity contribution >= 4 is 23.2 Å². The first-order chi connectivity index (χ1) is 15.4.